The molecule has 0 spiro atoms. The van der Waals surface area contributed by atoms with Crippen molar-refractivity contribution < 1.29 is 0 Å². The first-order valence-corrected chi connectivity index (χ1v) is 18.7. The molecule has 4 heteroatoms. The van der Waals surface area contributed by atoms with Crippen molar-refractivity contribution in [3.8, 4) is 62.5 Å². The highest BCUT2D eigenvalue weighted by atomic mass is 15.0. The highest BCUT2D eigenvalue weighted by molar-refractivity contribution is 5.80. The van der Waals surface area contributed by atoms with Crippen LogP contribution in [0.5, 0.6) is 0 Å². The molecule has 0 fully saturated rings. The number of hydrogen-bond donors (Lipinski definition) is 0. The number of hydrogen-bond acceptors (Lipinski definition) is 4. The van der Waals surface area contributed by atoms with Crippen LogP contribution < -0.4 is 0 Å². The molecule has 7 aromatic rings. The van der Waals surface area contributed by atoms with E-state index in [1.54, 1.807) is 0 Å². The van der Waals surface area contributed by atoms with Crippen molar-refractivity contribution in [2.45, 2.75) is 32.6 Å². The molecule has 0 aliphatic heterocycles. The van der Waals surface area contributed by atoms with Gasteiger partial charge in [-0.3, -0.25) is 0 Å². The van der Waals surface area contributed by atoms with Gasteiger partial charge >= 0.3 is 0 Å². The first-order chi connectivity index (χ1) is 26.6. The van der Waals surface area contributed by atoms with Gasteiger partial charge in [-0.15, -0.1) is 0 Å². The van der Waals surface area contributed by atoms with Gasteiger partial charge in [0.25, 0.3) is 0 Å². The number of benzene rings is 6. The molecule has 0 saturated heterocycles. The number of rotatable bonds is 9. The van der Waals surface area contributed by atoms with Crippen LogP contribution in [0.15, 0.2) is 170 Å². The molecule has 54 heavy (non-hydrogen) atoms. The zero-order valence-electron chi connectivity index (χ0n) is 30.5. The van der Waals surface area contributed by atoms with Crippen molar-refractivity contribution in [2.24, 2.45) is 5.92 Å². The van der Waals surface area contributed by atoms with E-state index in [-0.39, 0.29) is 5.92 Å². The van der Waals surface area contributed by atoms with Gasteiger partial charge < -0.3 is 0 Å². The number of aryl methyl sites for hydroxylation is 1. The Kier molecular flexibility index (Phi) is 9.87. The Bertz CT molecular complexity index is 2530. The molecule has 2 atom stereocenters. The molecule has 1 aliphatic carbocycles. The summed E-state index contributed by atoms with van der Waals surface area (Å²) in [6.07, 6.45) is 8.98. The maximum Gasteiger partial charge on any atom is 0.164 e. The minimum Gasteiger partial charge on any atom is -0.208 e. The standard InChI is InChI=1S/C50H40N4/c1-3-35-22-21-34(33-51)29-47(35)46-28-27-44(30-36(46)4-2)43-19-11-17-41(31-43)38-23-25-40(26-24-38)49-52-48(39-15-9-6-10-16-39)53-50(54-49)45-20-12-18-42(32-45)37-13-7-5-8-14-37/h5-32,36,46H,3-4H2,1-2H3. The molecule has 8 rings (SSSR count). The lowest BCUT2D eigenvalue weighted by Gasteiger charge is -2.28. The van der Waals surface area contributed by atoms with Crippen LogP contribution in [0.4, 0.5) is 0 Å². The minimum absolute atomic E-state index is 0.254. The maximum atomic E-state index is 9.59. The molecule has 1 aliphatic rings. The molecule has 0 radical (unpaired) electrons. The van der Waals surface area contributed by atoms with Gasteiger partial charge in [-0.25, -0.2) is 15.0 Å². The Hall–Kier alpha value is -6.70. The van der Waals surface area contributed by atoms with E-state index < -0.39 is 0 Å². The Morgan fingerprint density at radius 3 is 1.67 bits per heavy atom. The second kappa shape index (κ2) is 15.5. The summed E-state index contributed by atoms with van der Waals surface area (Å²) in [6.45, 7) is 4.44. The fourth-order valence-corrected chi connectivity index (χ4v) is 7.44. The summed E-state index contributed by atoms with van der Waals surface area (Å²) in [4.78, 5) is 14.9. The molecule has 0 saturated carbocycles. The molecule has 260 valence electrons. The van der Waals surface area contributed by atoms with Gasteiger partial charge in [0.05, 0.1) is 11.6 Å². The minimum atomic E-state index is 0.254. The Labute approximate surface area is 317 Å². The molecule has 4 nitrogen and oxygen atoms in total. The summed E-state index contributed by atoms with van der Waals surface area (Å²) in [6, 6.07) is 54.6. The molecular formula is C50H40N4. The first kappa shape index (κ1) is 34.4. The van der Waals surface area contributed by atoms with Crippen LogP contribution >= 0.6 is 0 Å². The van der Waals surface area contributed by atoms with Crippen LogP contribution in [0.3, 0.4) is 0 Å². The summed E-state index contributed by atoms with van der Waals surface area (Å²) in [5.41, 5.74) is 13.1. The van der Waals surface area contributed by atoms with Crippen molar-refractivity contribution in [3.63, 3.8) is 0 Å². The highest BCUT2D eigenvalue weighted by Crippen LogP contribution is 2.39. The summed E-state index contributed by atoms with van der Waals surface area (Å²) in [7, 11) is 0. The third-order valence-electron chi connectivity index (χ3n) is 10.4. The first-order valence-electron chi connectivity index (χ1n) is 18.7. The van der Waals surface area contributed by atoms with Crippen LogP contribution in [-0.2, 0) is 6.42 Å². The summed E-state index contributed by atoms with van der Waals surface area (Å²) in [5, 5.41) is 9.59. The predicted molar refractivity (Wildman–Crippen MR) is 221 cm³/mol. The number of allylic oxidation sites excluding steroid dienone is 4. The van der Waals surface area contributed by atoms with E-state index in [1.807, 2.05) is 42.5 Å². The second-order valence-corrected chi connectivity index (χ2v) is 13.7. The summed E-state index contributed by atoms with van der Waals surface area (Å²) < 4.78 is 0. The van der Waals surface area contributed by atoms with E-state index in [0.29, 0.717) is 23.4 Å². The lowest BCUT2D eigenvalue weighted by molar-refractivity contribution is 0.558. The normalized spacial score (nSPS) is 15.0. The van der Waals surface area contributed by atoms with Crippen molar-refractivity contribution in [2.75, 3.05) is 0 Å². The van der Waals surface area contributed by atoms with Gasteiger partial charge in [0.15, 0.2) is 17.5 Å². The Morgan fingerprint density at radius 2 is 1.04 bits per heavy atom. The number of nitriles is 1. The molecule has 1 aromatic heterocycles. The van der Waals surface area contributed by atoms with Crippen LogP contribution in [-0.4, -0.2) is 15.0 Å². The summed E-state index contributed by atoms with van der Waals surface area (Å²) >= 11 is 0. The van der Waals surface area contributed by atoms with E-state index in [4.69, 9.17) is 15.0 Å². The number of nitrogens with zero attached hydrogens (tertiary/aromatic N) is 4. The fourth-order valence-electron chi connectivity index (χ4n) is 7.44. The third-order valence-corrected chi connectivity index (χ3v) is 10.4. The SMILES string of the molecule is CCc1ccc(C#N)cc1C1C=CC(c2cccc(-c3ccc(-c4nc(-c5ccccc5)nc(-c5cccc(-c6ccccc6)c5)n4)cc3)c2)=CC1CC. The Balaban J connectivity index is 1.10. The van der Waals surface area contributed by atoms with Crippen LogP contribution in [0.1, 0.15) is 48.4 Å². The molecule has 0 amide bonds. The van der Waals surface area contributed by atoms with Crippen molar-refractivity contribution >= 4 is 5.57 Å². The van der Waals surface area contributed by atoms with Gasteiger partial charge in [-0.05, 0) is 87.5 Å². The van der Waals surface area contributed by atoms with Gasteiger partial charge in [0, 0.05) is 22.6 Å². The molecule has 0 N–H and O–H groups in total. The molecule has 0 bridgehead atoms. The predicted octanol–water partition coefficient (Wildman–Crippen LogP) is 12.4. The highest BCUT2D eigenvalue weighted by Gasteiger charge is 2.24. The quantitative estimate of drug-likeness (QED) is 0.151. The maximum absolute atomic E-state index is 9.59. The zero-order chi connectivity index (χ0) is 36.9. The van der Waals surface area contributed by atoms with E-state index in [0.717, 1.165) is 57.3 Å². The second-order valence-electron chi connectivity index (χ2n) is 13.7. The average Bonchev–Trinajstić information content (AvgIpc) is 3.26. The van der Waals surface area contributed by atoms with E-state index in [9.17, 15) is 5.26 Å². The fraction of sp³-hybridized carbons (Fsp3) is 0.120. The van der Waals surface area contributed by atoms with Crippen LogP contribution in [0, 0.1) is 17.2 Å². The van der Waals surface area contributed by atoms with Gasteiger partial charge in [-0.2, -0.15) is 5.26 Å². The smallest absolute Gasteiger partial charge is 0.164 e. The average molecular weight is 697 g/mol. The van der Waals surface area contributed by atoms with Crippen LogP contribution in [0.2, 0.25) is 0 Å². The Morgan fingerprint density at radius 1 is 0.519 bits per heavy atom. The van der Waals surface area contributed by atoms with E-state index in [2.05, 4.69) is 147 Å². The van der Waals surface area contributed by atoms with Crippen molar-refractivity contribution in [1.82, 2.24) is 15.0 Å². The lowest BCUT2D eigenvalue weighted by Crippen LogP contribution is -2.14. The topological polar surface area (TPSA) is 62.5 Å². The lowest BCUT2D eigenvalue weighted by atomic mass is 9.76. The zero-order valence-corrected chi connectivity index (χ0v) is 30.5. The van der Waals surface area contributed by atoms with Gasteiger partial charge in [0.1, 0.15) is 0 Å². The third kappa shape index (κ3) is 7.18. The molecule has 2 unspecified atom stereocenters. The van der Waals surface area contributed by atoms with Crippen molar-refractivity contribution in [1.29, 1.82) is 5.26 Å². The molecule has 1 heterocycles. The molecular weight excluding hydrogens is 657 g/mol. The number of aromatic nitrogens is 3. The monoisotopic (exact) mass is 696 g/mol. The van der Waals surface area contributed by atoms with E-state index in [1.165, 1.54) is 22.3 Å². The molecule has 6 aromatic carbocycles. The largest absolute Gasteiger partial charge is 0.208 e. The van der Waals surface area contributed by atoms with Gasteiger partial charge in [-0.1, -0.05) is 159 Å². The van der Waals surface area contributed by atoms with Crippen molar-refractivity contribution in [3.05, 3.63) is 192 Å². The van der Waals surface area contributed by atoms with Crippen LogP contribution in [0.25, 0.3) is 62.0 Å². The van der Waals surface area contributed by atoms with Gasteiger partial charge in [0.2, 0.25) is 0 Å². The van der Waals surface area contributed by atoms with E-state index >= 15 is 0 Å². The summed E-state index contributed by atoms with van der Waals surface area (Å²) in [5.74, 6) is 2.51.